The maximum absolute atomic E-state index is 13.2. The van der Waals surface area contributed by atoms with E-state index < -0.39 is 35.0 Å². The number of furan rings is 2. The average molecular weight is 941 g/mol. The molecule has 8 aromatic rings. The van der Waals surface area contributed by atoms with Crippen LogP contribution in [0.5, 0.6) is 11.5 Å². The zero-order valence-electron chi connectivity index (χ0n) is 38.9. The molecule has 2 unspecified atom stereocenters. The highest BCUT2D eigenvalue weighted by molar-refractivity contribution is 6.55. The third kappa shape index (κ3) is 8.22. The number of carbonyl (C=O) groups is 4. The summed E-state index contributed by atoms with van der Waals surface area (Å²) in [6.45, 7) is 11.8. The van der Waals surface area contributed by atoms with Gasteiger partial charge in [-0.2, -0.15) is 0 Å². The van der Waals surface area contributed by atoms with E-state index in [0.29, 0.717) is 92.3 Å². The number of rotatable bonds is 9. The molecule has 70 heavy (non-hydrogen) atoms. The highest BCUT2D eigenvalue weighted by atomic mass is 16.7. The summed E-state index contributed by atoms with van der Waals surface area (Å²) in [5.74, 6) is 0.486. The second kappa shape index (κ2) is 18.4. The first kappa shape index (κ1) is 47.6. The van der Waals surface area contributed by atoms with Crippen molar-refractivity contribution in [3.05, 3.63) is 154 Å². The fourth-order valence-electron chi connectivity index (χ4n) is 9.54. The summed E-state index contributed by atoms with van der Waals surface area (Å²) in [6.07, 6.45) is -1.07. The molecule has 2 aromatic heterocycles. The van der Waals surface area contributed by atoms with E-state index in [0.717, 1.165) is 43.8 Å². The lowest BCUT2D eigenvalue weighted by Crippen LogP contribution is -2.25. The van der Waals surface area contributed by atoms with Crippen LogP contribution in [0.3, 0.4) is 0 Å². The van der Waals surface area contributed by atoms with E-state index in [4.69, 9.17) is 32.9 Å². The molecule has 0 radical (unpaired) electrons. The topological polar surface area (TPSA) is 172 Å². The fraction of sp³-hybridized carbons (Fsp3) is 0.241. The highest BCUT2D eigenvalue weighted by Crippen LogP contribution is 2.46. The quantitative estimate of drug-likeness (QED) is 0.131. The number of benzene rings is 6. The van der Waals surface area contributed by atoms with Crippen LogP contribution in [-0.4, -0.2) is 77.8 Å². The van der Waals surface area contributed by atoms with Gasteiger partial charge in [0, 0.05) is 44.5 Å². The molecule has 1 aliphatic heterocycles. The van der Waals surface area contributed by atoms with Crippen molar-refractivity contribution < 1.29 is 57.2 Å². The molecule has 12 nitrogen and oxygen atoms in total. The van der Waals surface area contributed by atoms with Gasteiger partial charge < -0.3 is 38.0 Å². The zero-order valence-corrected chi connectivity index (χ0v) is 38.9. The average Bonchev–Trinajstić information content (AvgIpc) is 4.02. The molecule has 6 aromatic carbocycles. The standard InChI is InChI=1S/C30H26O6.C27H22O6.CH4/c1-16-6-5-7-22-21(16)12-13-23-25(22)27(32)26(31)24-17(2)28(35-29(23)24)18-8-10-19(11-9-18)33-14-20-15-34-30(3,4)36-20;1-14-4-3-5-20-19(14)10-11-21-23(20)25(31)24(30)22-15(2)26(33-27(21)22)16-6-8-18(9-7-16)32-13-17(29)12-28;/h5-13,20H,14-15H2,1-4H3;3-11,17,28-29H,12-13H2,1-2H3;1H4. The maximum Gasteiger partial charge on any atom is 0.237 e. The van der Waals surface area contributed by atoms with Crippen LogP contribution in [0.15, 0.2) is 118 Å². The first-order chi connectivity index (χ1) is 33.1. The predicted molar refractivity (Wildman–Crippen MR) is 266 cm³/mol. The molecule has 2 aliphatic carbocycles. The van der Waals surface area contributed by atoms with E-state index in [1.807, 2.05) is 120 Å². The molecule has 1 fully saturated rings. The van der Waals surface area contributed by atoms with Crippen LogP contribution in [0.4, 0.5) is 0 Å². The number of ketones is 4. The van der Waals surface area contributed by atoms with E-state index in [1.54, 1.807) is 31.2 Å². The minimum absolute atomic E-state index is 0. The highest BCUT2D eigenvalue weighted by Gasteiger charge is 2.39. The van der Waals surface area contributed by atoms with Crippen LogP contribution in [0.2, 0.25) is 0 Å². The van der Waals surface area contributed by atoms with Crippen LogP contribution in [0, 0.1) is 27.7 Å². The van der Waals surface area contributed by atoms with E-state index in [-0.39, 0.29) is 26.7 Å². The van der Waals surface area contributed by atoms with Crippen molar-refractivity contribution in [2.45, 2.75) is 67.0 Å². The Labute approximate surface area is 404 Å². The smallest absolute Gasteiger partial charge is 0.237 e. The first-order valence-electron chi connectivity index (χ1n) is 22.7. The van der Waals surface area contributed by atoms with Crippen LogP contribution < -0.4 is 9.47 Å². The van der Waals surface area contributed by atoms with Gasteiger partial charge in [-0.25, -0.2) is 0 Å². The molecule has 0 spiro atoms. The molecule has 11 rings (SSSR count). The molecule has 12 heteroatoms. The Balaban J connectivity index is 0.000000172. The van der Waals surface area contributed by atoms with Crippen LogP contribution >= 0.6 is 0 Å². The number of Topliss-reactive ketones (excluding diaryl/α,β-unsaturated/α-hetero) is 4. The molecular formula is C58H52O12. The molecule has 2 atom stereocenters. The lowest BCUT2D eigenvalue weighted by Gasteiger charge is -2.17. The molecule has 3 aliphatic rings. The second-order valence-corrected chi connectivity index (χ2v) is 18.1. The van der Waals surface area contributed by atoms with E-state index in [1.165, 1.54) is 0 Å². The molecule has 0 saturated carbocycles. The molecule has 3 heterocycles. The van der Waals surface area contributed by atoms with Gasteiger partial charge in [-0.15, -0.1) is 0 Å². The number of hydrogen-bond acceptors (Lipinski definition) is 12. The minimum atomic E-state index is -0.952. The monoisotopic (exact) mass is 940 g/mol. The number of aliphatic hydroxyl groups is 2. The summed E-state index contributed by atoms with van der Waals surface area (Å²) >= 11 is 0. The summed E-state index contributed by atoms with van der Waals surface area (Å²) in [5, 5.41) is 21.8. The summed E-state index contributed by atoms with van der Waals surface area (Å²) in [5.41, 5.74) is 7.62. The van der Waals surface area contributed by atoms with Gasteiger partial charge in [-0.1, -0.05) is 56.0 Å². The van der Waals surface area contributed by atoms with Crippen LogP contribution in [0.25, 0.3) is 66.8 Å². The molecule has 1 saturated heterocycles. The minimum Gasteiger partial charge on any atom is -0.491 e. The van der Waals surface area contributed by atoms with E-state index >= 15 is 0 Å². The molecule has 356 valence electrons. The lowest BCUT2D eigenvalue weighted by molar-refractivity contribution is -0.141. The summed E-state index contributed by atoms with van der Waals surface area (Å²) < 4.78 is 35.2. The van der Waals surface area contributed by atoms with Crippen molar-refractivity contribution in [1.82, 2.24) is 0 Å². The van der Waals surface area contributed by atoms with Crippen molar-refractivity contribution in [3.8, 4) is 56.8 Å². The van der Waals surface area contributed by atoms with Gasteiger partial charge in [0.1, 0.15) is 60.0 Å². The normalized spacial score (nSPS) is 15.9. The summed E-state index contributed by atoms with van der Waals surface area (Å²) in [7, 11) is 0. The second-order valence-electron chi connectivity index (χ2n) is 18.1. The number of aryl methyl sites for hydroxylation is 2. The maximum atomic E-state index is 13.2. The number of hydrogen-bond donors (Lipinski definition) is 2. The third-order valence-corrected chi connectivity index (χ3v) is 13.1. The zero-order chi connectivity index (χ0) is 48.5. The predicted octanol–water partition coefficient (Wildman–Crippen LogP) is 11.4. The molecule has 2 N–H and O–H groups in total. The number of fused-ring (bicyclic) bond motifs is 10. The van der Waals surface area contributed by atoms with Crippen molar-refractivity contribution in [2.75, 3.05) is 26.4 Å². The number of aliphatic hydroxyl groups excluding tert-OH is 2. The number of carbonyl (C=O) groups excluding carboxylic acids is 4. The lowest BCUT2D eigenvalue weighted by atomic mass is 9.83. The van der Waals surface area contributed by atoms with Crippen LogP contribution in [0.1, 0.15) is 85.0 Å². The Morgan fingerprint density at radius 3 is 1.44 bits per heavy atom. The largest absolute Gasteiger partial charge is 0.491 e. The van der Waals surface area contributed by atoms with Gasteiger partial charge in [0.15, 0.2) is 5.79 Å². The molecular weight excluding hydrogens is 889 g/mol. The third-order valence-electron chi connectivity index (χ3n) is 13.1. The van der Waals surface area contributed by atoms with Crippen molar-refractivity contribution in [3.63, 3.8) is 0 Å². The van der Waals surface area contributed by atoms with Gasteiger partial charge in [0.25, 0.3) is 0 Å². The SMILES string of the molecule is C.Cc1c(-c2ccc(OCC(O)CO)cc2)oc2c1C(=O)C(=O)c1c-2ccc2c(C)cccc12.Cc1c(-c2ccc(OCC3COC(C)(C)O3)cc2)oc2c1C(=O)C(=O)c1c-2ccc2c(C)cccc12. The first-order valence-corrected chi connectivity index (χ1v) is 22.7. The summed E-state index contributed by atoms with van der Waals surface area (Å²) in [4.78, 5) is 52.8. The van der Waals surface area contributed by atoms with Gasteiger partial charge in [-0.05, 0) is 135 Å². The van der Waals surface area contributed by atoms with Gasteiger partial charge >= 0.3 is 0 Å². The van der Waals surface area contributed by atoms with Gasteiger partial charge in [0.05, 0.1) is 24.3 Å². The Morgan fingerprint density at radius 2 is 1.01 bits per heavy atom. The molecule has 0 bridgehead atoms. The van der Waals surface area contributed by atoms with E-state index in [2.05, 4.69) is 0 Å². The summed E-state index contributed by atoms with van der Waals surface area (Å²) in [6, 6.07) is 33.7. The van der Waals surface area contributed by atoms with Crippen LogP contribution in [-0.2, 0) is 9.47 Å². The molecule has 0 amide bonds. The Kier molecular flexibility index (Phi) is 12.5. The van der Waals surface area contributed by atoms with Crippen molar-refractivity contribution in [2.24, 2.45) is 0 Å². The Bertz CT molecular complexity index is 3410. The van der Waals surface area contributed by atoms with Crippen molar-refractivity contribution >= 4 is 44.7 Å². The fourth-order valence-corrected chi connectivity index (χ4v) is 9.54. The van der Waals surface area contributed by atoms with E-state index in [9.17, 15) is 24.3 Å². The van der Waals surface area contributed by atoms with Gasteiger partial charge in [-0.3, -0.25) is 19.2 Å². The number of ether oxygens (including phenoxy) is 4. The Morgan fingerprint density at radius 1 is 0.571 bits per heavy atom. The Hall–Kier alpha value is -7.48. The van der Waals surface area contributed by atoms with Crippen molar-refractivity contribution in [1.29, 1.82) is 0 Å². The van der Waals surface area contributed by atoms with Gasteiger partial charge in [0.2, 0.25) is 23.1 Å².